The van der Waals surface area contributed by atoms with Crippen molar-refractivity contribution in [1.29, 1.82) is 0 Å². The van der Waals surface area contributed by atoms with Crippen molar-refractivity contribution < 1.29 is 68.1 Å². The number of benzene rings is 2. The summed E-state index contributed by atoms with van der Waals surface area (Å²) in [6, 6.07) is 7.85. The first-order valence-corrected chi connectivity index (χ1v) is 11.5. The zero-order chi connectivity index (χ0) is 31.1. The third-order valence-corrected chi connectivity index (χ3v) is 5.30. The molecule has 2 N–H and O–H groups in total. The summed E-state index contributed by atoms with van der Waals surface area (Å²) >= 11 is 0. The van der Waals surface area contributed by atoms with Gasteiger partial charge in [0.1, 0.15) is 12.4 Å². The van der Waals surface area contributed by atoms with E-state index in [2.05, 4.69) is 10.1 Å². The average Bonchev–Trinajstić information content (AvgIpc) is 2.86. The number of alkyl halides is 10. The summed E-state index contributed by atoms with van der Waals surface area (Å²) in [4.78, 5) is 23.9. The Morgan fingerprint density at radius 3 is 1.88 bits per heavy atom. The minimum absolute atomic E-state index is 0.126. The number of hydrogen-bond acceptors (Lipinski definition) is 4. The van der Waals surface area contributed by atoms with Gasteiger partial charge >= 0.3 is 36.4 Å². The number of nitrogens with one attached hydrogen (secondary N) is 1. The molecule has 0 heterocycles. The molecule has 0 aromatic heterocycles. The van der Waals surface area contributed by atoms with Crippen molar-refractivity contribution in [2.24, 2.45) is 0 Å². The zero-order valence-electron chi connectivity index (χ0n) is 20.7. The Hall–Kier alpha value is -3.76. The molecule has 2 rings (SSSR count). The van der Waals surface area contributed by atoms with E-state index in [1.807, 2.05) is 0 Å². The molecule has 17 heteroatoms. The summed E-state index contributed by atoms with van der Waals surface area (Å²) in [7, 11) is 0. The van der Waals surface area contributed by atoms with E-state index >= 15 is 0 Å². The lowest BCUT2D eigenvalue weighted by molar-refractivity contribution is -0.423. The third-order valence-electron chi connectivity index (χ3n) is 5.30. The van der Waals surface area contributed by atoms with E-state index < -0.39 is 61.6 Å². The minimum atomic E-state index is -6.63. The molecule has 0 saturated carbocycles. The highest BCUT2D eigenvalue weighted by Crippen LogP contribution is 2.46. The average molecular weight is 608 g/mol. The second kappa shape index (κ2) is 13.3. The van der Waals surface area contributed by atoms with Crippen LogP contribution in [0.5, 0.6) is 5.75 Å². The van der Waals surface area contributed by atoms with Gasteiger partial charge in [-0.25, -0.2) is 4.79 Å². The van der Waals surface area contributed by atoms with Crippen molar-refractivity contribution >= 4 is 17.7 Å². The van der Waals surface area contributed by atoms with Crippen molar-refractivity contribution in [2.45, 2.75) is 37.2 Å². The number of carbonyl (C=O) groups is 2. The van der Waals surface area contributed by atoms with Crippen molar-refractivity contribution in [3.8, 4) is 5.75 Å². The third kappa shape index (κ3) is 9.68. The standard InChI is InChI=1S/C24H22F10N2O5/c25-21(26,27)16-4-6-17(7-5-16)35-20(39)36(12-14-41-24(33,34)22(28,29)23(30,31)32)11-13-40-18-8-1-15(2-9-18)3-10-19(37)38/h1-2,4-9H,3,10-14H2,(H,35,39)(H,37,38). The quantitative estimate of drug-likeness (QED) is 0.256. The topological polar surface area (TPSA) is 88.1 Å². The number of carbonyl (C=O) groups excluding carboxylic acids is 1. The molecule has 0 aliphatic heterocycles. The maximum atomic E-state index is 13.5. The Balaban J connectivity index is 2.07. The fraction of sp³-hybridized carbons (Fsp3) is 0.417. The number of rotatable bonds is 13. The lowest BCUT2D eigenvalue weighted by Gasteiger charge is -2.29. The molecule has 2 aromatic rings. The van der Waals surface area contributed by atoms with Gasteiger partial charge in [-0.15, -0.1) is 0 Å². The van der Waals surface area contributed by atoms with Crippen LogP contribution in [0.25, 0.3) is 0 Å². The highest BCUT2D eigenvalue weighted by Gasteiger charge is 2.74. The molecule has 0 aliphatic carbocycles. The number of nitrogens with zero attached hydrogens (tertiary/aromatic N) is 1. The van der Waals surface area contributed by atoms with Gasteiger partial charge in [0, 0.05) is 18.7 Å². The van der Waals surface area contributed by atoms with Gasteiger partial charge in [0.15, 0.2) is 0 Å². The predicted octanol–water partition coefficient (Wildman–Crippen LogP) is 6.44. The van der Waals surface area contributed by atoms with E-state index in [-0.39, 0.29) is 30.9 Å². The van der Waals surface area contributed by atoms with E-state index in [0.29, 0.717) is 22.6 Å². The Morgan fingerprint density at radius 1 is 0.805 bits per heavy atom. The second-order valence-corrected chi connectivity index (χ2v) is 8.32. The van der Waals surface area contributed by atoms with Crippen LogP contribution in [0.4, 0.5) is 54.4 Å². The molecule has 7 nitrogen and oxygen atoms in total. The minimum Gasteiger partial charge on any atom is -0.492 e. The fourth-order valence-electron chi connectivity index (χ4n) is 3.08. The Labute approximate surface area is 225 Å². The van der Waals surface area contributed by atoms with Gasteiger partial charge in [0.2, 0.25) is 0 Å². The number of ether oxygens (including phenoxy) is 2. The largest absolute Gasteiger partial charge is 0.492 e. The molecule has 228 valence electrons. The molecule has 0 spiro atoms. The maximum Gasteiger partial charge on any atom is 0.462 e. The summed E-state index contributed by atoms with van der Waals surface area (Å²) in [6.07, 6.45) is -17.2. The number of aryl methyl sites for hydroxylation is 1. The van der Waals surface area contributed by atoms with Crippen LogP contribution in [0, 0.1) is 0 Å². The number of hydrogen-bond donors (Lipinski definition) is 2. The first-order valence-electron chi connectivity index (χ1n) is 11.5. The molecular formula is C24H22F10N2O5. The molecule has 41 heavy (non-hydrogen) atoms. The molecule has 0 saturated heterocycles. The highest BCUT2D eigenvalue weighted by atomic mass is 19.4. The van der Waals surface area contributed by atoms with Gasteiger partial charge in [-0.3, -0.25) is 4.79 Å². The SMILES string of the molecule is O=C(O)CCc1ccc(OCCN(CCOC(F)(F)C(F)(F)C(F)(F)F)C(=O)Nc2ccc(C(F)(F)F)cc2)cc1. The van der Waals surface area contributed by atoms with E-state index in [1.54, 1.807) is 12.1 Å². The molecule has 0 bridgehead atoms. The van der Waals surface area contributed by atoms with Gasteiger partial charge in [-0.05, 0) is 48.4 Å². The second-order valence-electron chi connectivity index (χ2n) is 8.32. The van der Waals surface area contributed by atoms with Crippen LogP contribution < -0.4 is 10.1 Å². The summed E-state index contributed by atoms with van der Waals surface area (Å²) < 4.78 is 137. The molecule has 2 aromatic carbocycles. The summed E-state index contributed by atoms with van der Waals surface area (Å²) in [5, 5.41) is 10.9. The number of aliphatic carboxylic acids is 1. The van der Waals surface area contributed by atoms with Crippen molar-refractivity contribution in [2.75, 3.05) is 31.6 Å². The van der Waals surface area contributed by atoms with Crippen LogP contribution in [-0.2, 0) is 22.1 Å². The van der Waals surface area contributed by atoms with Crippen molar-refractivity contribution in [3.05, 3.63) is 59.7 Å². The highest BCUT2D eigenvalue weighted by molar-refractivity contribution is 5.89. The van der Waals surface area contributed by atoms with Crippen LogP contribution in [0.15, 0.2) is 48.5 Å². The maximum absolute atomic E-state index is 13.5. The Kier molecular flexibility index (Phi) is 10.8. The lowest BCUT2D eigenvalue weighted by atomic mass is 10.1. The number of carboxylic acid groups (broad SMARTS) is 1. The van der Waals surface area contributed by atoms with Crippen molar-refractivity contribution in [3.63, 3.8) is 0 Å². The summed E-state index contributed by atoms with van der Waals surface area (Å²) in [5.74, 6) is -7.32. The molecule has 2 amide bonds. The molecule has 0 aliphatic rings. The van der Waals surface area contributed by atoms with Crippen LogP contribution in [-0.4, -0.2) is 66.5 Å². The van der Waals surface area contributed by atoms with Crippen LogP contribution in [0.1, 0.15) is 17.5 Å². The zero-order valence-corrected chi connectivity index (χ0v) is 20.7. The van der Waals surface area contributed by atoms with Crippen LogP contribution >= 0.6 is 0 Å². The van der Waals surface area contributed by atoms with Gasteiger partial charge in [0.25, 0.3) is 0 Å². The van der Waals surface area contributed by atoms with Gasteiger partial charge in [-0.2, -0.15) is 43.9 Å². The number of urea groups is 1. The number of anilines is 1. The van der Waals surface area contributed by atoms with Gasteiger partial charge < -0.3 is 24.8 Å². The Bertz CT molecular complexity index is 1150. The lowest BCUT2D eigenvalue weighted by Crippen LogP contribution is -2.54. The van der Waals surface area contributed by atoms with E-state index in [0.717, 1.165) is 12.1 Å². The summed E-state index contributed by atoms with van der Waals surface area (Å²) in [5.41, 5.74) is -0.567. The number of carboxylic acids is 1. The molecular weight excluding hydrogens is 586 g/mol. The van der Waals surface area contributed by atoms with E-state index in [9.17, 15) is 53.5 Å². The molecule has 0 unspecified atom stereocenters. The molecule has 0 radical (unpaired) electrons. The van der Waals surface area contributed by atoms with Crippen LogP contribution in [0.3, 0.4) is 0 Å². The van der Waals surface area contributed by atoms with Crippen molar-refractivity contribution in [1.82, 2.24) is 4.90 Å². The van der Waals surface area contributed by atoms with E-state index in [1.165, 1.54) is 12.1 Å². The predicted molar refractivity (Wildman–Crippen MR) is 122 cm³/mol. The number of halogens is 10. The van der Waals surface area contributed by atoms with Gasteiger partial charge in [0.05, 0.1) is 18.7 Å². The molecule has 0 atom stereocenters. The first-order chi connectivity index (χ1) is 18.8. The van der Waals surface area contributed by atoms with E-state index in [4.69, 9.17) is 9.84 Å². The number of amides is 2. The smallest absolute Gasteiger partial charge is 0.462 e. The van der Waals surface area contributed by atoms with Gasteiger partial charge in [-0.1, -0.05) is 12.1 Å². The monoisotopic (exact) mass is 608 g/mol. The first kappa shape index (κ1) is 33.4. The summed E-state index contributed by atoms with van der Waals surface area (Å²) in [6.45, 7) is -3.26. The van der Waals surface area contributed by atoms with Crippen LogP contribution in [0.2, 0.25) is 0 Å². The fourth-order valence-corrected chi connectivity index (χ4v) is 3.08. The Morgan fingerprint density at radius 2 is 1.37 bits per heavy atom. The molecule has 0 fully saturated rings. The normalized spacial score (nSPS) is 12.6.